The summed E-state index contributed by atoms with van der Waals surface area (Å²) in [6.45, 7) is 6.49. The van der Waals surface area contributed by atoms with Crippen molar-refractivity contribution in [2.24, 2.45) is 0 Å². The summed E-state index contributed by atoms with van der Waals surface area (Å²) in [5.74, 6) is 0. The first-order valence-electron chi connectivity index (χ1n) is 3.78. The van der Waals surface area contributed by atoms with Crippen LogP contribution in [0.15, 0.2) is 12.1 Å². The molecule has 0 spiro atoms. The Morgan fingerprint density at radius 3 is 2.09 bits per heavy atom. The molecular weight excluding hydrogens is 200 g/mol. The Kier molecular flexibility index (Phi) is 2.72. The highest BCUT2D eigenvalue weighted by Gasteiger charge is 2.01. The maximum Gasteiger partial charge on any atom is 0.0288 e. The molecule has 1 aromatic carbocycles. The van der Waals surface area contributed by atoms with Crippen molar-refractivity contribution in [1.29, 1.82) is 0 Å². The second kappa shape index (κ2) is 3.40. The Hall–Kier alpha value is -0.300. The van der Waals surface area contributed by atoms with Gasteiger partial charge in [0.2, 0.25) is 0 Å². The van der Waals surface area contributed by atoms with Crippen LogP contribution in [0.1, 0.15) is 22.3 Å². The smallest absolute Gasteiger partial charge is 0.0288 e. The minimum atomic E-state index is 0.965. The summed E-state index contributed by atoms with van der Waals surface area (Å²) >= 11 is 3.49. The van der Waals surface area contributed by atoms with Crippen molar-refractivity contribution in [3.8, 4) is 0 Å². The van der Waals surface area contributed by atoms with E-state index >= 15 is 0 Å². The lowest BCUT2D eigenvalue weighted by Gasteiger charge is -2.08. The van der Waals surface area contributed by atoms with E-state index in [0.29, 0.717) is 0 Å². The van der Waals surface area contributed by atoms with E-state index in [1.807, 2.05) is 0 Å². The maximum absolute atomic E-state index is 3.49. The number of rotatable bonds is 1. The van der Waals surface area contributed by atoms with E-state index < -0.39 is 0 Å². The number of hydrogen-bond acceptors (Lipinski definition) is 0. The molecule has 11 heavy (non-hydrogen) atoms. The van der Waals surface area contributed by atoms with E-state index in [2.05, 4.69) is 48.8 Å². The average Bonchev–Trinajstić information content (AvgIpc) is 1.99. The minimum absolute atomic E-state index is 0.965. The highest BCUT2D eigenvalue weighted by molar-refractivity contribution is 9.08. The van der Waals surface area contributed by atoms with Gasteiger partial charge in [-0.05, 0) is 43.0 Å². The van der Waals surface area contributed by atoms with Gasteiger partial charge in [0.1, 0.15) is 0 Å². The Balaban J connectivity index is 3.29. The second-order valence-electron chi connectivity index (χ2n) is 2.94. The molecule has 0 aliphatic rings. The molecule has 0 aromatic heterocycles. The SMILES string of the molecule is Cc1ccc(C)c(CBr)c1C. The van der Waals surface area contributed by atoms with Crippen molar-refractivity contribution >= 4 is 15.9 Å². The predicted molar refractivity (Wildman–Crippen MR) is 53.3 cm³/mol. The van der Waals surface area contributed by atoms with Crippen LogP contribution in [0.25, 0.3) is 0 Å². The minimum Gasteiger partial charge on any atom is -0.0876 e. The first-order valence-corrected chi connectivity index (χ1v) is 4.90. The third kappa shape index (κ3) is 1.64. The summed E-state index contributed by atoms with van der Waals surface area (Å²) in [5, 5.41) is 0.965. The summed E-state index contributed by atoms with van der Waals surface area (Å²) in [6, 6.07) is 4.36. The lowest BCUT2D eigenvalue weighted by atomic mass is 10.0. The van der Waals surface area contributed by atoms with Crippen molar-refractivity contribution in [3.63, 3.8) is 0 Å². The fraction of sp³-hybridized carbons (Fsp3) is 0.400. The van der Waals surface area contributed by atoms with Crippen molar-refractivity contribution in [3.05, 3.63) is 34.4 Å². The van der Waals surface area contributed by atoms with Gasteiger partial charge in [-0.25, -0.2) is 0 Å². The molecule has 0 aliphatic carbocycles. The van der Waals surface area contributed by atoms with Crippen molar-refractivity contribution in [2.45, 2.75) is 26.1 Å². The van der Waals surface area contributed by atoms with Gasteiger partial charge in [0, 0.05) is 5.33 Å². The number of halogens is 1. The van der Waals surface area contributed by atoms with Crippen LogP contribution in [-0.2, 0) is 5.33 Å². The number of alkyl halides is 1. The molecule has 0 radical (unpaired) electrons. The summed E-state index contributed by atoms with van der Waals surface area (Å²) < 4.78 is 0. The van der Waals surface area contributed by atoms with Crippen LogP contribution in [-0.4, -0.2) is 0 Å². The largest absolute Gasteiger partial charge is 0.0876 e. The van der Waals surface area contributed by atoms with Gasteiger partial charge in [0.15, 0.2) is 0 Å². The monoisotopic (exact) mass is 212 g/mol. The summed E-state index contributed by atoms with van der Waals surface area (Å²) in [4.78, 5) is 0. The molecule has 1 heteroatoms. The van der Waals surface area contributed by atoms with Gasteiger partial charge < -0.3 is 0 Å². The number of aryl methyl sites for hydroxylation is 2. The van der Waals surface area contributed by atoms with Gasteiger partial charge in [0.05, 0.1) is 0 Å². The Morgan fingerprint density at radius 1 is 1.09 bits per heavy atom. The van der Waals surface area contributed by atoms with Gasteiger partial charge in [0.25, 0.3) is 0 Å². The third-order valence-corrected chi connectivity index (χ3v) is 2.80. The summed E-state index contributed by atoms with van der Waals surface area (Å²) in [5.41, 5.74) is 5.61. The van der Waals surface area contributed by atoms with Crippen LogP contribution in [0, 0.1) is 20.8 Å². The third-order valence-electron chi connectivity index (χ3n) is 2.24. The molecule has 1 aromatic rings. The molecular formula is C10H13Br. The fourth-order valence-corrected chi connectivity index (χ4v) is 2.08. The zero-order chi connectivity index (χ0) is 8.43. The van der Waals surface area contributed by atoms with E-state index in [-0.39, 0.29) is 0 Å². The van der Waals surface area contributed by atoms with Crippen LogP contribution in [0.2, 0.25) is 0 Å². The highest BCUT2D eigenvalue weighted by atomic mass is 79.9. The Morgan fingerprint density at radius 2 is 1.64 bits per heavy atom. The maximum atomic E-state index is 3.49. The Labute approximate surface area is 76.8 Å². The van der Waals surface area contributed by atoms with E-state index in [1.54, 1.807) is 0 Å². The van der Waals surface area contributed by atoms with E-state index in [9.17, 15) is 0 Å². The van der Waals surface area contributed by atoms with Gasteiger partial charge in [-0.1, -0.05) is 28.1 Å². The predicted octanol–water partition coefficient (Wildman–Crippen LogP) is 3.51. The summed E-state index contributed by atoms with van der Waals surface area (Å²) in [6.07, 6.45) is 0. The zero-order valence-electron chi connectivity index (χ0n) is 7.24. The topological polar surface area (TPSA) is 0 Å². The van der Waals surface area contributed by atoms with Crippen LogP contribution in [0.5, 0.6) is 0 Å². The lowest BCUT2D eigenvalue weighted by Crippen LogP contribution is -1.92. The van der Waals surface area contributed by atoms with Crippen LogP contribution in [0.4, 0.5) is 0 Å². The summed E-state index contributed by atoms with van der Waals surface area (Å²) in [7, 11) is 0. The molecule has 0 heterocycles. The van der Waals surface area contributed by atoms with Crippen molar-refractivity contribution < 1.29 is 0 Å². The number of benzene rings is 1. The molecule has 0 saturated carbocycles. The highest BCUT2D eigenvalue weighted by Crippen LogP contribution is 2.19. The molecule has 60 valence electrons. The van der Waals surface area contributed by atoms with Gasteiger partial charge in [-0.2, -0.15) is 0 Å². The lowest BCUT2D eigenvalue weighted by molar-refractivity contribution is 1.20. The van der Waals surface area contributed by atoms with Crippen LogP contribution in [0.3, 0.4) is 0 Å². The molecule has 1 rings (SSSR count). The molecule has 0 N–H and O–H groups in total. The van der Waals surface area contributed by atoms with Crippen molar-refractivity contribution in [2.75, 3.05) is 0 Å². The van der Waals surface area contributed by atoms with Gasteiger partial charge in [-0.3, -0.25) is 0 Å². The average molecular weight is 213 g/mol. The number of hydrogen-bond donors (Lipinski definition) is 0. The fourth-order valence-electron chi connectivity index (χ4n) is 1.21. The van der Waals surface area contributed by atoms with Gasteiger partial charge >= 0.3 is 0 Å². The molecule has 0 aliphatic heterocycles. The second-order valence-corrected chi connectivity index (χ2v) is 3.50. The molecule has 0 atom stereocenters. The first-order chi connectivity index (χ1) is 5.16. The van der Waals surface area contributed by atoms with Gasteiger partial charge in [-0.15, -0.1) is 0 Å². The molecule has 0 saturated heterocycles. The zero-order valence-corrected chi connectivity index (χ0v) is 8.83. The molecule has 0 bridgehead atoms. The normalized spacial score (nSPS) is 10.2. The standard InChI is InChI=1S/C10H13Br/c1-7-4-5-8(2)10(6-11)9(7)3/h4-5H,6H2,1-3H3. The Bertz CT molecular complexity index is 264. The van der Waals surface area contributed by atoms with E-state index in [4.69, 9.17) is 0 Å². The molecule has 0 fully saturated rings. The first kappa shape index (κ1) is 8.79. The molecule has 0 nitrogen and oxygen atoms in total. The molecule has 0 unspecified atom stereocenters. The van der Waals surface area contributed by atoms with E-state index in [0.717, 1.165) is 5.33 Å². The quantitative estimate of drug-likeness (QED) is 0.626. The van der Waals surface area contributed by atoms with E-state index in [1.165, 1.54) is 22.3 Å². The van der Waals surface area contributed by atoms with Crippen molar-refractivity contribution in [1.82, 2.24) is 0 Å². The van der Waals surface area contributed by atoms with Crippen LogP contribution >= 0.6 is 15.9 Å². The van der Waals surface area contributed by atoms with Crippen LogP contribution < -0.4 is 0 Å². The molecule has 0 amide bonds.